The molecule has 2 aliphatic rings. The van der Waals surface area contributed by atoms with E-state index in [9.17, 15) is 29.6 Å². The Balaban J connectivity index is 1.44. The highest BCUT2D eigenvalue weighted by Crippen LogP contribution is 2.60. The lowest BCUT2D eigenvalue weighted by Crippen LogP contribution is -2.46. The smallest absolute Gasteiger partial charge is 0.269 e. The molecule has 4 atom stereocenters. The summed E-state index contributed by atoms with van der Waals surface area (Å²) in [4.78, 5) is 51.0. The fraction of sp³-hybridized carbons (Fsp3) is 0.355. The number of aliphatic hydroxyl groups excluding tert-OH is 1. The van der Waals surface area contributed by atoms with Gasteiger partial charge >= 0.3 is 0 Å². The van der Waals surface area contributed by atoms with Gasteiger partial charge in [-0.2, -0.15) is 0 Å². The molecule has 11 nitrogen and oxygen atoms in total. The number of amides is 2. The summed E-state index contributed by atoms with van der Waals surface area (Å²) >= 11 is 0. The van der Waals surface area contributed by atoms with Crippen molar-refractivity contribution in [2.24, 2.45) is 5.92 Å². The molecule has 0 aromatic heterocycles. The molecular weight excluding hydrogens is 570 g/mol. The summed E-state index contributed by atoms with van der Waals surface area (Å²) in [6.45, 7) is 5.37. The number of nitro benzene ring substituents is 1. The van der Waals surface area contributed by atoms with Crippen LogP contribution in [0.25, 0.3) is 0 Å². The lowest BCUT2D eigenvalue weighted by molar-refractivity contribution is -0.385. The van der Waals surface area contributed by atoms with Gasteiger partial charge in [0.05, 0.1) is 30.4 Å². The predicted octanol–water partition coefficient (Wildman–Crippen LogP) is 4.58. The maximum atomic E-state index is 14.4. The number of fused-ring (bicyclic) bond motifs is 2. The highest BCUT2D eigenvalue weighted by molar-refractivity contribution is 6.71. The third-order valence-electron chi connectivity index (χ3n) is 8.50. The molecule has 2 aliphatic heterocycles. The van der Waals surface area contributed by atoms with E-state index in [4.69, 9.17) is 9.47 Å². The SMILES string of the molecule is COc1ccc(C(=O)Nc2ccc(CN3C(=O)[C@@]4(O[C@@H](CCO)[C@H]([Si](C)(C)O)[C@H]4C)c4cc([N+](=O)[O-])ccc43)cc2)cc1. The Labute approximate surface area is 250 Å². The van der Waals surface area contributed by atoms with Gasteiger partial charge in [-0.1, -0.05) is 19.1 Å². The average molecular weight is 606 g/mol. The number of nitro groups is 1. The summed E-state index contributed by atoms with van der Waals surface area (Å²) in [7, 11) is -1.34. The quantitative estimate of drug-likeness (QED) is 0.182. The molecule has 1 fully saturated rings. The zero-order valence-electron chi connectivity index (χ0n) is 24.4. The number of benzene rings is 3. The second-order valence-corrected chi connectivity index (χ2v) is 15.6. The molecule has 0 aliphatic carbocycles. The molecule has 226 valence electrons. The average Bonchev–Trinajstić information content (AvgIpc) is 3.40. The summed E-state index contributed by atoms with van der Waals surface area (Å²) < 4.78 is 11.6. The Hall–Kier alpha value is -4.10. The van der Waals surface area contributed by atoms with E-state index in [1.54, 1.807) is 79.7 Å². The van der Waals surface area contributed by atoms with Gasteiger partial charge < -0.3 is 29.6 Å². The Morgan fingerprint density at radius 1 is 1.14 bits per heavy atom. The van der Waals surface area contributed by atoms with Crippen molar-refractivity contribution in [1.82, 2.24) is 0 Å². The Morgan fingerprint density at radius 3 is 2.40 bits per heavy atom. The molecule has 3 N–H and O–H groups in total. The van der Waals surface area contributed by atoms with E-state index in [1.807, 2.05) is 6.92 Å². The third kappa shape index (κ3) is 5.42. The summed E-state index contributed by atoms with van der Waals surface area (Å²) in [6, 6.07) is 18.2. The molecule has 1 saturated heterocycles. The zero-order chi connectivity index (χ0) is 31.1. The van der Waals surface area contributed by atoms with Crippen LogP contribution in [0.4, 0.5) is 17.1 Å². The second kappa shape index (κ2) is 11.5. The highest BCUT2D eigenvalue weighted by Gasteiger charge is 2.66. The van der Waals surface area contributed by atoms with Crippen molar-refractivity contribution in [3.63, 3.8) is 0 Å². The molecule has 3 aromatic rings. The van der Waals surface area contributed by atoms with Gasteiger partial charge in [0.2, 0.25) is 0 Å². The monoisotopic (exact) mass is 605 g/mol. The Kier molecular flexibility index (Phi) is 8.14. The molecule has 0 unspecified atom stereocenters. The highest BCUT2D eigenvalue weighted by atomic mass is 28.4. The van der Waals surface area contributed by atoms with Gasteiger partial charge in [-0.15, -0.1) is 0 Å². The Bertz CT molecular complexity index is 1540. The number of nitrogens with one attached hydrogen (secondary N) is 1. The van der Waals surface area contributed by atoms with Crippen molar-refractivity contribution in [3.05, 3.63) is 93.5 Å². The van der Waals surface area contributed by atoms with E-state index in [-0.39, 0.29) is 42.6 Å². The van der Waals surface area contributed by atoms with Crippen LogP contribution in [0.5, 0.6) is 5.75 Å². The number of aliphatic hydroxyl groups is 1. The van der Waals surface area contributed by atoms with Gasteiger partial charge in [-0.25, -0.2) is 0 Å². The molecule has 0 saturated carbocycles. The number of ether oxygens (including phenoxy) is 2. The van der Waals surface area contributed by atoms with Crippen LogP contribution in [-0.2, 0) is 21.7 Å². The van der Waals surface area contributed by atoms with E-state index in [0.29, 0.717) is 28.3 Å². The van der Waals surface area contributed by atoms with Crippen LogP contribution in [0, 0.1) is 16.0 Å². The topological polar surface area (TPSA) is 151 Å². The van der Waals surface area contributed by atoms with Crippen molar-refractivity contribution >= 4 is 37.2 Å². The first-order chi connectivity index (χ1) is 20.4. The number of hydrogen-bond donors (Lipinski definition) is 3. The standard InChI is InChI=1S/C31H35N3O8Si/c1-19-28(43(3,4)40)27(15-16-35)42-31(19)25-17-23(34(38)39)11-14-26(25)33(30(31)37)18-20-5-9-22(10-6-20)32-29(36)21-7-12-24(41-2)13-8-21/h5-14,17,19,27-28,35,40H,15-16,18H2,1-4H3,(H,32,36)/t19-,27+,28-,31+/m1/s1. The van der Waals surface area contributed by atoms with Gasteiger partial charge in [-0.05, 0) is 67.5 Å². The van der Waals surface area contributed by atoms with Crippen molar-refractivity contribution in [3.8, 4) is 5.75 Å². The van der Waals surface area contributed by atoms with Crippen molar-refractivity contribution < 1.29 is 33.9 Å². The van der Waals surface area contributed by atoms with Crippen LogP contribution in [0.15, 0.2) is 66.7 Å². The molecule has 43 heavy (non-hydrogen) atoms. The normalized spacial score (nSPS) is 23.0. The Morgan fingerprint density at radius 2 is 1.81 bits per heavy atom. The number of hydrogen-bond acceptors (Lipinski definition) is 8. The maximum absolute atomic E-state index is 14.4. The minimum Gasteiger partial charge on any atom is -0.497 e. The first kappa shape index (κ1) is 30.4. The van der Waals surface area contributed by atoms with Gasteiger partial charge in [0, 0.05) is 47.0 Å². The number of rotatable bonds is 9. The number of carbonyl (C=O) groups is 2. The van der Waals surface area contributed by atoms with Gasteiger partial charge in [-0.3, -0.25) is 19.7 Å². The van der Waals surface area contributed by atoms with Gasteiger partial charge in [0.1, 0.15) is 5.75 Å². The van der Waals surface area contributed by atoms with Gasteiger partial charge in [0.15, 0.2) is 13.9 Å². The molecule has 0 bridgehead atoms. The lowest BCUT2D eigenvalue weighted by atomic mass is 9.82. The maximum Gasteiger partial charge on any atom is 0.269 e. The largest absolute Gasteiger partial charge is 0.497 e. The molecule has 12 heteroatoms. The van der Waals surface area contributed by atoms with Crippen LogP contribution in [0.2, 0.25) is 18.6 Å². The first-order valence-electron chi connectivity index (χ1n) is 14.1. The molecule has 3 aromatic carbocycles. The minimum atomic E-state index is -2.89. The summed E-state index contributed by atoms with van der Waals surface area (Å²) in [5.74, 6) is -0.493. The van der Waals surface area contributed by atoms with E-state index in [1.165, 1.54) is 12.1 Å². The zero-order valence-corrected chi connectivity index (χ0v) is 25.4. The third-order valence-corrected chi connectivity index (χ3v) is 11.0. The van der Waals surface area contributed by atoms with Crippen molar-refractivity contribution in [2.75, 3.05) is 23.9 Å². The van der Waals surface area contributed by atoms with Crippen molar-refractivity contribution in [1.29, 1.82) is 0 Å². The second-order valence-electron chi connectivity index (χ2n) is 11.6. The summed E-state index contributed by atoms with van der Waals surface area (Å²) in [6.07, 6.45) is -0.356. The van der Waals surface area contributed by atoms with Crippen LogP contribution < -0.4 is 15.0 Å². The molecular formula is C31H35N3O8Si. The fourth-order valence-corrected chi connectivity index (χ4v) is 9.16. The number of anilines is 2. The molecule has 0 radical (unpaired) electrons. The number of carbonyl (C=O) groups excluding carboxylic acids is 2. The van der Waals surface area contributed by atoms with Crippen LogP contribution in [0.1, 0.15) is 34.8 Å². The number of non-ortho nitro benzene ring substituents is 1. The van der Waals surface area contributed by atoms with Crippen LogP contribution >= 0.6 is 0 Å². The fourth-order valence-electron chi connectivity index (χ4n) is 6.55. The first-order valence-corrected chi connectivity index (χ1v) is 17.1. The summed E-state index contributed by atoms with van der Waals surface area (Å²) in [5.41, 5.74) is 0.621. The molecule has 2 heterocycles. The number of nitrogens with zero attached hydrogens (tertiary/aromatic N) is 2. The lowest BCUT2D eigenvalue weighted by Gasteiger charge is -2.32. The minimum absolute atomic E-state index is 0.156. The number of methoxy groups -OCH3 is 1. The van der Waals surface area contributed by atoms with Crippen LogP contribution in [0.3, 0.4) is 0 Å². The van der Waals surface area contributed by atoms with Crippen molar-refractivity contribution in [2.45, 2.75) is 50.2 Å². The summed E-state index contributed by atoms with van der Waals surface area (Å²) in [5, 5.41) is 24.3. The molecule has 2 amide bonds. The van der Waals surface area contributed by atoms with E-state index >= 15 is 0 Å². The van der Waals surface area contributed by atoms with Crippen LogP contribution in [-0.4, -0.2) is 54.8 Å². The van der Waals surface area contributed by atoms with E-state index in [0.717, 1.165) is 5.56 Å². The predicted molar refractivity (Wildman–Crippen MR) is 163 cm³/mol. The van der Waals surface area contributed by atoms with Gasteiger partial charge in [0.25, 0.3) is 17.5 Å². The molecule has 5 rings (SSSR count). The van der Waals surface area contributed by atoms with E-state index in [2.05, 4.69) is 5.32 Å². The van der Waals surface area contributed by atoms with E-state index < -0.39 is 30.9 Å². The molecule has 1 spiro atoms.